The van der Waals surface area contributed by atoms with E-state index in [0.29, 0.717) is 5.56 Å². The third-order valence-corrected chi connectivity index (χ3v) is 3.31. The fraction of sp³-hybridized carbons (Fsp3) is 0.250. The molecule has 0 unspecified atom stereocenters. The van der Waals surface area contributed by atoms with Crippen LogP contribution in [0.15, 0.2) is 48.7 Å². The molecule has 0 fully saturated rings. The molecular formula is C16H20N4O. The number of hydrogen-bond donors (Lipinski definition) is 2. The number of aromatic nitrogens is 1. The summed E-state index contributed by atoms with van der Waals surface area (Å²) in [5.41, 5.74) is 4.90. The summed E-state index contributed by atoms with van der Waals surface area (Å²) >= 11 is 0. The van der Waals surface area contributed by atoms with Gasteiger partial charge in [0.1, 0.15) is 0 Å². The molecule has 1 aromatic heterocycles. The summed E-state index contributed by atoms with van der Waals surface area (Å²) in [4.78, 5) is 18.0. The molecule has 0 bridgehead atoms. The van der Waals surface area contributed by atoms with Crippen LogP contribution in [0.3, 0.4) is 0 Å². The minimum Gasteiger partial charge on any atom is -0.294 e. The highest BCUT2D eigenvalue weighted by Gasteiger charge is 2.07. The van der Waals surface area contributed by atoms with Crippen molar-refractivity contribution in [3.8, 4) is 0 Å². The van der Waals surface area contributed by atoms with E-state index in [4.69, 9.17) is 5.84 Å². The molecule has 0 aliphatic carbocycles. The minimum absolute atomic E-state index is 0.276. The van der Waals surface area contributed by atoms with Crippen molar-refractivity contribution >= 4 is 5.91 Å². The minimum atomic E-state index is -0.276. The Morgan fingerprint density at radius 1 is 1.19 bits per heavy atom. The SMILES string of the molecule is CCN(Cc1ccc(C(=O)NN)cc1)Cc1ccccn1. The van der Waals surface area contributed by atoms with Gasteiger partial charge in [-0.15, -0.1) is 0 Å². The van der Waals surface area contributed by atoms with E-state index in [9.17, 15) is 4.79 Å². The van der Waals surface area contributed by atoms with Crippen LogP contribution in [-0.2, 0) is 13.1 Å². The third kappa shape index (κ3) is 4.37. The monoisotopic (exact) mass is 284 g/mol. The van der Waals surface area contributed by atoms with Crippen LogP contribution in [0.5, 0.6) is 0 Å². The summed E-state index contributed by atoms with van der Waals surface area (Å²) in [6.45, 7) is 4.68. The van der Waals surface area contributed by atoms with Crippen LogP contribution in [-0.4, -0.2) is 22.3 Å². The van der Waals surface area contributed by atoms with Crippen LogP contribution in [0.4, 0.5) is 0 Å². The van der Waals surface area contributed by atoms with Crippen molar-refractivity contribution in [3.05, 3.63) is 65.5 Å². The van der Waals surface area contributed by atoms with Gasteiger partial charge >= 0.3 is 0 Å². The van der Waals surface area contributed by atoms with Gasteiger partial charge in [-0.05, 0) is 36.4 Å². The normalized spacial score (nSPS) is 10.6. The van der Waals surface area contributed by atoms with E-state index < -0.39 is 0 Å². The zero-order chi connectivity index (χ0) is 15.1. The lowest BCUT2D eigenvalue weighted by atomic mass is 10.1. The third-order valence-electron chi connectivity index (χ3n) is 3.31. The second kappa shape index (κ2) is 7.52. The number of hydrazine groups is 1. The van der Waals surface area contributed by atoms with Gasteiger partial charge in [-0.1, -0.05) is 25.1 Å². The second-order valence-corrected chi connectivity index (χ2v) is 4.79. The Labute approximate surface area is 124 Å². The zero-order valence-electron chi connectivity index (χ0n) is 12.1. The van der Waals surface area contributed by atoms with E-state index in [1.807, 2.05) is 36.5 Å². The Bertz CT molecular complexity index is 569. The molecule has 0 saturated heterocycles. The quantitative estimate of drug-likeness (QED) is 0.481. The zero-order valence-corrected chi connectivity index (χ0v) is 12.1. The lowest BCUT2D eigenvalue weighted by Gasteiger charge is -2.20. The first-order chi connectivity index (χ1) is 10.2. The lowest BCUT2D eigenvalue weighted by Crippen LogP contribution is -2.30. The molecule has 0 saturated carbocycles. The van der Waals surface area contributed by atoms with Crippen molar-refractivity contribution in [3.63, 3.8) is 0 Å². The standard InChI is InChI=1S/C16H20N4O/c1-2-20(12-15-5-3-4-10-18-15)11-13-6-8-14(9-7-13)16(21)19-17/h3-10H,2,11-12,17H2,1H3,(H,19,21). The summed E-state index contributed by atoms with van der Waals surface area (Å²) in [5.74, 6) is 4.84. The average molecular weight is 284 g/mol. The molecule has 21 heavy (non-hydrogen) atoms. The highest BCUT2D eigenvalue weighted by molar-refractivity contribution is 5.93. The number of pyridine rings is 1. The molecule has 0 spiro atoms. The van der Waals surface area contributed by atoms with Crippen LogP contribution in [0.1, 0.15) is 28.5 Å². The van der Waals surface area contributed by atoms with E-state index in [1.54, 1.807) is 12.1 Å². The number of hydrogen-bond acceptors (Lipinski definition) is 4. The summed E-state index contributed by atoms with van der Waals surface area (Å²) in [7, 11) is 0. The summed E-state index contributed by atoms with van der Waals surface area (Å²) < 4.78 is 0. The highest BCUT2D eigenvalue weighted by Crippen LogP contribution is 2.10. The maximum Gasteiger partial charge on any atom is 0.265 e. The number of nitrogens with two attached hydrogens (primary N) is 1. The van der Waals surface area contributed by atoms with Crippen molar-refractivity contribution in [2.75, 3.05) is 6.54 Å². The van der Waals surface area contributed by atoms with Gasteiger partial charge in [0, 0.05) is 24.8 Å². The first kappa shape index (κ1) is 15.2. The van der Waals surface area contributed by atoms with E-state index in [-0.39, 0.29) is 5.91 Å². The Morgan fingerprint density at radius 2 is 1.95 bits per heavy atom. The predicted molar refractivity (Wildman–Crippen MR) is 82.1 cm³/mol. The van der Waals surface area contributed by atoms with Crippen LogP contribution in [0.25, 0.3) is 0 Å². The molecule has 1 amide bonds. The van der Waals surface area contributed by atoms with Gasteiger partial charge in [-0.2, -0.15) is 0 Å². The molecule has 1 aromatic carbocycles. The molecule has 1 heterocycles. The Kier molecular flexibility index (Phi) is 5.43. The summed E-state index contributed by atoms with van der Waals surface area (Å²) in [6, 6.07) is 13.4. The molecule has 5 nitrogen and oxygen atoms in total. The molecule has 0 aliphatic rings. The summed E-state index contributed by atoms with van der Waals surface area (Å²) in [6.07, 6.45) is 1.81. The molecule has 2 aromatic rings. The van der Waals surface area contributed by atoms with Crippen LogP contribution >= 0.6 is 0 Å². The van der Waals surface area contributed by atoms with E-state index in [2.05, 4.69) is 22.2 Å². The van der Waals surface area contributed by atoms with Gasteiger partial charge in [0.2, 0.25) is 0 Å². The molecule has 110 valence electrons. The van der Waals surface area contributed by atoms with E-state index in [0.717, 1.165) is 30.9 Å². The molecule has 3 N–H and O–H groups in total. The van der Waals surface area contributed by atoms with Crippen LogP contribution in [0, 0.1) is 0 Å². The Balaban J connectivity index is 2.00. The fourth-order valence-corrected chi connectivity index (χ4v) is 2.10. The van der Waals surface area contributed by atoms with Gasteiger partial charge in [0.25, 0.3) is 5.91 Å². The summed E-state index contributed by atoms with van der Waals surface area (Å²) in [5, 5.41) is 0. The van der Waals surface area contributed by atoms with E-state index in [1.165, 1.54) is 0 Å². The highest BCUT2D eigenvalue weighted by atomic mass is 16.2. The van der Waals surface area contributed by atoms with Crippen molar-refractivity contribution in [2.45, 2.75) is 20.0 Å². The fourth-order valence-electron chi connectivity index (χ4n) is 2.10. The van der Waals surface area contributed by atoms with Gasteiger partial charge in [0.15, 0.2) is 0 Å². The largest absolute Gasteiger partial charge is 0.294 e. The lowest BCUT2D eigenvalue weighted by molar-refractivity contribution is 0.0953. The first-order valence-electron chi connectivity index (χ1n) is 6.95. The van der Waals surface area contributed by atoms with Crippen molar-refractivity contribution in [1.82, 2.24) is 15.3 Å². The average Bonchev–Trinajstić information content (AvgIpc) is 2.55. The van der Waals surface area contributed by atoms with Crippen LogP contribution < -0.4 is 11.3 Å². The van der Waals surface area contributed by atoms with E-state index >= 15 is 0 Å². The van der Waals surface area contributed by atoms with Crippen molar-refractivity contribution in [2.24, 2.45) is 5.84 Å². The number of carbonyl (C=O) groups is 1. The number of nitrogens with zero attached hydrogens (tertiary/aromatic N) is 2. The predicted octanol–water partition coefficient (Wildman–Crippen LogP) is 1.71. The number of nitrogens with one attached hydrogen (secondary N) is 1. The first-order valence-corrected chi connectivity index (χ1v) is 6.95. The Hall–Kier alpha value is -2.24. The van der Waals surface area contributed by atoms with Gasteiger partial charge in [0.05, 0.1) is 5.69 Å². The van der Waals surface area contributed by atoms with Gasteiger partial charge in [-0.25, -0.2) is 5.84 Å². The van der Waals surface area contributed by atoms with Gasteiger partial charge in [-0.3, -0.25) is 20.1 Å². The second-order valence-electron chi connectivity index (χ2n) is 4.79. The maximum absolute atomic E-state index is 11.4. The number of benzene rings is 1. The van der Waals surface area contributed by atoms with Gasteiger partial charge < -0.3 is 0 Å². The smallest absolute Gasteiger partial charge is 0.265 e. The van der Waals surface area contributed by atoms with Crippen LogP contribution in [0.2, 0.25) is 0 Å². The number of amides is 1. The molecular weight excluding hydrogens is 264 g/mol. The number of nitrogen functional groups attached to an aromatic ring is 1. The number of carbonyl (C=O) groups excluding carboxylic acids is 1. The van der Waals surface area contributed by atoms with Crippen molar-refractivity contribution in [1.29, 1.82) is 0 Å². The topological polar surface area (TPSA) is 71.2 Å². The molecule has 0 atom stereocenters. The molecule has 5 heteroatoms. The molecule has 2 rings (SSSR count). The maximum atomic E-state index is 11.4. The molecule has 0 radical (unpaired) electrons. The molecule has 0 aliphatic heterocycles. The van der Waals surface area contributed by atoms with Crippen molar-refractivity contribution < 1.29 is 4.79 Å². The Morgan fingerprint density at radius 3 is 2.52 bits per heavy atom. The number of rotatable bonds is 6.